The first-order valence-corrected chi connectivity index (χ1v) is 9.69. The Morgan fingerprint density at radius 2 is 2.04 bits per heavy atom. The Labute approximate surface area is 158 Å². The van der Waals surface area contributed by atoms with E-state index in [-0.39, 0.29) is 38.7 Å². The van der Waals surface area contributed by atoms with Gasteiger partial charge in [-0.25, -0.2) is 18.2 Å². The first-order chi connectivity index (χ1) is 13.2. The molecule has 0 spiro atoms. The largest absolute Gasteiger partial charge is 0.507 e. The van der Waals surface area contributed by atoms with Gasteiger partial charge in [0, 0.05) is 23.8 Å². The number of aliphatic hydroxyl groups excluding tert-OH is 1. The van der Waals surface area contributed by atoms with Crippen molar-refractivity contribution in [2.45, 2.75) is 11.8 Å². The molecule has 9 nitrogen and oxygen atoms in total. The summed E-state index contributed by atoms with van der Waals surface area (Å²) < 4.78 is 29.2. The molecule has 0 radical (unpaired) electrons. The Morgan fingerprint density at radius 3 is 2.71 bits per heavy atom. The average molecular weight is 402 g/mol. The number of hydrogen-bond donors (Lipinski definition) is 1. The predicted octanol–water partition coefficient (Wildman–Crippen LogP) is 2.95. The number of aromatic nitrogens is 1. The van der Waals surface area contributed by atoms with E-state index < -0.39 is 26.1 Å². The van der Waals surface area contributed by atoms with E-state index >= 15 is 0 Å². The zero-order chi connectivity index (χ0) is 20.5. The minimum Gasteiger partial charge on any atom is -0.507 e. The Hall–Kier alpha value is -3.53. The molecule has 0 bridgehead atoms. The summed E-state index contributed by atoms with van der Waals surface area (Å²) in [5.41, 5.74) is -1.04. The van der Waals surface area contributed by atoms with Crippen LogP contribution in [0.5, 0.6) is 0 Å². The maximum absolute atomic E-state index is 12.1. The van der Waals surface area contributed by atoms with Gasteiger partial charge in [-0.15, -0.1) is 0 Å². The van der Waals surface area contributed by atoms with E-state index in [2.05, 4.69) is 4.98 Å². The van der Waals surface area contributed by atoms with Crippen molar-refractivity contribution in [3.05, 3.63) is 74.3 Å². The molecule has 0 amide bonds. The van der Waals surface area contributed by atoms with Crippen molar-refractivity contribution in [3.63, 3.8) is 0 Å². The van der Waals surface area contributed by atoms with Crippen molar-refractivity contribution in [3.8, 4) is 0 Å². The lowest BCUT2D eigenvalue weighted by Crippen LogP contribution is -2.08. The number of fused-ring (bicyclic) bond motifs is 1. The molecule has 0 unspecified atom stereocenters. The smallest absolute Gasteiger partial charge is 0.362 e. The highest BCUT2D eigenvalue weighted by molar-refractivity contribution is 7.91. The fraction of sp³-hybridized carbons (Fsp3) is 0.111. The summed E-state index contributed by atoms with van der Waals surface area (Å²) in [6, 6.07) is 9.14. The van der Waals surface area contributed by atoms with Crippen LogP contribution >= 0.6 is 0 Å². The van der Waals surface area contributed by atoms with E-state index in [1.54, 1.807) is 0 Å². The first kappa shape index (κ1) is 19.2. The number of benzene rings is 2. The van der Waals surface area contributed by atoms with Gasteiger partial charge in [0.1, 0.15) is 11.3 Å². The van der Waals surface area contributed by atoms with E-state index in [0.717, 1.165) is 12.1 Å². The minimum absolute atomic E-state index is 0.0293. The summed E-state index contributed by atoms with van der Waals surface area (Å²) in [6.07, 6.45) is 1.01. The van der Waals surface area contributed by atoms with Gasteiger partial charge in [-0.2, -0.15) is 0 Å². The quantitative estimate of drug-likeness (QED) is 0.390. The van der Waals surface area contributed by atoms with Crippen molar-refractivity contribution in [1.29, 1.82) is 0 Å². The molecule has 0 saturated carbocycles. The normalized spacial score (nSPS) is 12.2. The van der Waals surface area contributed by atoms with Crippen molar-refractivity contribution >= 4 is 38.5 Å². The Kier molecular flexibility index (Phi) is 4.97. The van der Waals surface area contributed by atoms with Crippen LogP contribution in [0.4, 0.5) is 5.69 Å². The number of aliphatic hydroxyl groups is 1. The highest BCUT2D eigenvalue weighted by Crippen LogP contribution is 2.21. The summed E-state index contributed by atoms with van der Waals surface area (Å²) in [5, 5.41) is 21.1. The van der Waals surface area contributed by atoms with E-state index in [0.29, 0.717) is 0 Å². The van der Waals surface area contributed by atoms with Crippen LogP contribution in [0.1, 0.15) is 18.2 Å². The molecular weight excluding hydrogens is 388 g/mol. The summed E-state index contributed by atoms with van der Waals surface area (Å²) in [7, 11) is -3.48. The van der Waals surface area contributed by atoms with Crippen LogP contribution in [0.15, 0.2) is 56.6 Å². The zero-order valence-electron chi connectivity index (χ0n) is 14.5. The third kappa shape index (κ3) is 3.76. The molecule has 2 aromatic carbocycles. The number of nitro benzene ring substituents is 1. The fourth-order valence-corrected chi connectivity index (χ4v) is 3.34. The molecule has 0 aliphatic rings. The number of nitrogens with zero attached hydrogens (tertiary/aromatic N) is 2. The van der Waals surface area contributed by atoms with Crippen molar-refractivity contribution in [2.24, 2.45) is 0 Å². The second kappa shape index (κ2) is 7.24. The number of hydrogen-bond acceptors (Lipinski definition) is 8. The standard InChI is InChI=1S/C18H14N2O7S/c1-2-28(25,26)13-6-7-17-14(9-13)19-15(18(22)27-17)10-16(21)11-4-3-5-12(8-11)20(23)24/h3-10,21H,2H2,1H3/b16-10-. The molecule has 1 heterocycles. The molecule has 1 N–H and O–H groups in total. The number of sulfone groups is 1. The number of rotatable bonds is 5. The SMILES string of the molecule is CCS(=O)(=O)c1ccc2oc(=O)c(/C=C(\O)c3cccc([N+](=O)[O-])c3)nc2c1. The summed E-state index contributed by atoms with van der Waals surface area (Å²) in [5.74, 6) is -0.532. The van der Waals surface area contributed by atoms with Crippen molar-refractivity contribution in [1.82, 2.24) is 4.98 Å². The van der Waals surface area contributed by atoms with Gasteiger partial charge in [-0.3, -0.25) is 10.1 Å². The van der Waals surface area contributed by atoms with Crippen LogP contribution in [-0.2, 0) is 9.84 Å². The maximum Gasteiger partial charge on any atom is 0.362 e. The molecule has 0 fully saturated rings. The van der Waals surface area contributed by atoms with Gasteiger partial charge >= 0.3 is 5.63 Å². The molecule has 0 aliphatic carbocycles. The molecule has 144 valence electrons. The highest BCUT2D eigenvalue weighted by atomic mass is 32.2. The van der Waals surface area contributed by atoms with Crippen LogP contribution in [-0.4, -0.2) is 29.2 Å². The summed E-state index contributed by atoms with van der Waals surface area (Å²) in [6.45, 7) is 1.50. The van der Waals surface area contributed by atoms with Crippen LogP contribution in [0.2, 0.25) is 0 Å². The molecule has 10 heteroatoms. The molecule has 0 saturated heterocycles. The molecule has 3 aromatic rings. The van der Waals surface area contributed by atoms with Gasteiger partial charge < -0.3 is 9.52 Å². The number of nitro groups is 1. The van der Waals surface area contributed by atoms with Gasteiger partial charge in [0.15, 0.2) is 21.1 Å². The van der Waals surface area contributed by atoms with E-state index in [4.69, 9.17) is 4.42 Å². The number of non-ortho nitro benzene ring substituents is 1. The van der Waals surface area contributed by atoms with Gasteiger partial charge in [0.2, 0.25) is 0 Å². The van der Waals surface area contributed by atoms with Crippen molar-refractivity contribution in [2.75, 3.05) is 5.75 Å². The van der Waals surface area contributed by atoms with Crippen LogP contribution in [0.25, 0.3) is 22.9 Å². The third-order valence-corrected chi connectivity index (χ3v) is 5.68. The van der Waals surface area contributed by atoms with Gasteiger partial charge in [0.25, 0.3) is 5.69 Å². The minimum atomic E-state index is -3.48. The molecule has 0 atom stereocenters. The Bertz CT molecular complexity index is 1280. The monoisotopic (exact) mass is 402 g/mol. The van der Waals surface area contributed by atoms with Gasteiger partial charge in [0.05, 0.1) is 15.6 Å². The van der Waals surface area contributed by atoms with E-state index in [1.807, 2.05) is 0 Å². The second-order valence-electron chi connectivity index (χ2n) is 5.76. The second-order valence-corrected chi connectivity index (χ2v) is 8.03. The molecule has 3 rings (SSSR count). The Morgan fingerprint density at radius 1 is 1.29 bits per heavy atom. The van der Waals surface area contributed by atoms with Crippen LogP contribution in [0.3, 0.4) is 0 Å². The molecule has 0 aliphatic heterocycles. The van der Waals surface area contributed by atoms with Crippen LogP contribution in [0, 0.1) is 10.1 Å². The summed E-state index contributed by atoms with van der Waals surface area (Å²) >= 11 is 0. The van der Waals surface area contributed by atoms with Crippen molar-refractivity contribution < 1.29 is 22.9 Å². The lowest BCUT2D eigenvalue weighted by atomic mass is 10.1. The Balaban J connectivity index is 2.10. The molecule has 28 heavy (non-hydrogen) atoms. The highest BCUT2D eigenvalue weighted by Gasteiger charge is 2.15. The van der Waals surface area contributed by atoms with Crippen LogP contribution < -0.4 is 5.63 Å². The lowest BCUT2D eigenvalue weighted by Gasteiger charge is -2.04. The van der Waals surface area contributed by atoms with Gasteiger partial charge in [-0.05, 0) is 18.2 Å². The predicted molar refractivity (Wildman–Crippen MR) is 102 cm³/mol. The molecule has 1 aromatic heterocycles. The maximum atomic E-state index is 12.1. The lowest BCUT2D eigenvalue weighted by molar-refractivity contribution is -0.384. The zero-order valence-corrected chi connectivity index (χ0v) is 15.3. The summed E-state index contributed by atoms with van der Waals surface area (Å²) in [4.78, 5) is 26.4. The fourth-order valence-electron chi connectivity index (χ4n) is 2.44. The first-order valence-electron chi connectivity index (χ1n) is 8.04. The third-order valence-electron chi connectivity index (χ3n) is 3.95. The average Bonchev–Trinajstić information content (AvgIpc) is 2.68. The van der Waals surface area contributed by atoms with E-state index in [9.17, 15) is 28.4 Å². The topological polar surface area (TPSA) is 141 Å². The molecular formula is C18H14N2O7S. The van der Waals surface area contributed by atoms with Gasteiger partial charge in [-0.1, -0.05) is 19.1 Å². The van der Waals surface area contributed by atoms with E-state index in [1.165, 1.54) is 43.3 Å².